The molecule has 29 heavy (non-hydrogen) atoms. The van der Waals surface area contributed by atoms with Gasteiger partial charge in [-0.25, -0.2) is 13.9 Å². The Kier molecular flexibility index (Phi) is 4.85. The molecule has 3 heterocycles. The van der Waals surface area contributed by atoms with E-state index in [1.54, 1.807) is 6.20 Å². The topological polar surface area (TPSA) is 67.6 Å². The van der Waals surface area contributed by atoms with Gasteiger partial charge in [-0.3, -0.25) is 4.90 Å². The first-order valence-electron chi connectivity index (χ1n) is 9.28. The summed E-state index contributed by atoms with van der Waals surface area (Å²) < 4.78 is 45.7. The fourth-order valence-electron chi connectivity index (χ4n) is 4.35. The highest BCUT2D eigenvalue weighted by atomic mass is 19.3. The van der Waals surface area contributed by atoms with Crippen molar-refractivity contribution in [3.63, 3.8) is 0 Å². The molecule has 1 unspecified atom stereocenters. The summed E-state index contributed by atoms with van der Waals surface area (Å²) >= 11 is 0. The second-order valence-corrected chi connectivity index (χ2v) is 7.52. The lowest BCUT2D eigenvalue weighted by atomic mass is 9.88. The van der Waals surface area contributed by atoms with E-state index in [9.17, 15) is 23.1 Å². The third-order valence-corrected chi connectivity index (χ3v) is 5.69. The molecule has 2 aliphatic heterocycles. The Morgan fingerprint density at radius 3 is 2.93 bits per heavy atom. The van der Waals surface area contributed by atoms with Gasteiger partial charge in [-0.2, -0.15) is 13.9 Å². The zero-order valence-corrected chi connectivity index (χ0v) is 15.7. The van der Waals surface area contributed by atoms with Crippen LogP contribution in [0.2, 0.25) is 0 Å². The van der Waals surface area contributed by atoms with E-state index in [2.05, 4.69) is 14.7 Å². The van der Waals surface area contributed by atoms with Crippen LogP contribution in [0, 0.1) is 5.82 Å². The van der Waals surface area contributed by atoms with Crippen LogP contribution < -0.4 is 4.74 Å². The molecule has 1 aromatic carbocycles. The van der Waals surface area contributed by atoms with Gasteiger partial charge in [-0.05, 0) is 50.6 Å². The second kappa shape index (κ2) is 7.22. The Labute approximate surface area is 165 Å². The Balaban J connectivity index is 1.67. The highest BCUT2D eigenvalue weighted by molar-refractivity contribution is 5.89. The molecular formula is C20H20F3N3O3. The third-order valence-electron chi connectivity index (χ3n) is 5.69. The number of carbonyl (C=O) groups is 1. The lowest BCUT2D eigenvalue weighted by Gasteiger charge is -2.42. The summed E-state index contributed by atoms with van der Waals surface area (Å²) in [5.74, 6) is -1.62. The first kappa shape index (κ1) is 19.5. The van der Waals surface area contributed by atoms with Crippen molar-refractivity contribution in [2.75, 3.05) is 6.54 Å². The third kappa shape index (κ3) is 3.50. The van der Waals surface area contributed by atoms with Gasteiger partial charge in [0.05, 0.1) is 11.9 Å². The molecule has 0 radical (unpaired) electrons. The summed E-state index contributed by atoms with van der Waals surface area (Å²) in [4.78, 5) is 13.6. The second-order valence-electron chi connectivity index (χ2n) is 7.52. The minimum absolute atomic E-state index is 0.0844. The molecule has 1 fully saturated rings. The molecule has 1 saturated heterocycles. The monoisotopic (exact) mass is 407 g/mol. The number of hydrogen-bond donors (Lipinski definition) is 1. The van der Waals surface area contributed by atoms with Crippen molar-refractivity contribution in [2.24, 2.45) is 0 Å². The van der Waals surface area contributed by atoms with Crippen LogP contribution in [-0.4, -0.2) is 44.5 Å². The fourth-order valence-corrected chi connectivity index (χ4v) is 4.35. The predicted molar refractivity (Wildman–Crippen MR) is 98.3 cm³/mol. The number of aromatic nitrogens is 2. The quantitative estimate of drug-likeness (QED) is 0.813. The number of carboxylic acid groups (broad SMARTS) is 1. The van der Waals surface area contributed by atoms with Crippen LogP contribution in [0.5, 0.6) is 5.75 Å². The molecule has 2 atom stereocenters. The molecule has 1 aromatic heterocycles. The van der Waals surface area contributed by atoms with Crippen molar-refractivity contribution >= 4 is 12.2 Å². The largest absolute Gasteiger partial charge is 0.478 e. The molecule has 0 spiro atoms. The fraction of sp³-hybridized carbons (Fsp3) is 0.400. The number of halogens is 3. The van der Waals surface area contributed by atoms with Crippen LogP contribution in [0.3, 0.4) is 0 Å². The van der Waals surface area contributed by atoms with E-state index in [-0.39, 0.29) is 17.4 Å². The van der Waals surface area contributed by atoms with E-state index in [1.165, 1.54) is 23.0 Å². The minimum atomic E-state index is -2.98. The number of fused-ring (bicyclic) bond motifs is 1. The Morgan fingerprint density at radius 1 is 1.41 bits per heavy atom. The number of carboxylic acids is 1. The van der Waals surface area contributed by atoms with Gasteiger partial charge >= 0.3 is 12.6 Å². The number of benzene rings is 1. The van der Waals surface area contributed by atoms with Gasteiger partial charge in [0.1, 0.15) is 17.1 Å². The number of aromatic carboxylic acids is 1. The van der Waals surface area contributed by atoms with E-state index in [4.69, 9.17) is 0 Å². The van der Waals surface area contributed by atoms with Gasteiger partial charge < -0.3 is 9.84 Å². The van der Waals surface area contributed by atoms with E-state index < -0.39 is 23.9 Å². The van der Waals surface area contributed by atoms with Crippen molar-refractivity contribution in [3.05, 3.63) is 53.1 Å². The molecule has 154 valence electrons. The summed E-state index contributed by atoms with van der Waals surface area (Å²) in [5.41, 5.74) is 0.430. The van der Waals surface area contributed by atoms with Gasteiger partial charge in [0.25, 0.3) is 0 Å². The number of alkyl halides is 2. The number of likely N-dealkylation sites (tertiary alicyclic amines) is 1. The van der Waals surface area contributed by atoms with Crippen molar-refractivity contribution < 1.29 is 27.8 Å². The van der Waals surface area contributed by atoms with Crippen LogP contribution in [0.1, 0.15) is 47.4 Å². The first-order chi connectivity index (χ1) is 13.8. The average molecular weight is 407 g/mol. The molecule has 0 saturated carbocycles. The van der Waals surface area contributed by atoms with Crippen molar-refractivity contribution in [3.8, 4) is 5.75 Å². The summed E-state index contributed by atoms with van der Waals surface area (Å²) in [6.45, 7) is -0.357. The molecule has 6 nitrogen and oxygen atoms in total. The summed E-state index contributed by atoms with van der Waals surface area (Å²) in [5, 5.41) is 13.5. The number of hydrogen-bond acceptors (Lipinski definition) is 4. The molecule has 2 aromatic rings. The van der Waals surface area contributed by atoms with E-state index in [0.717, 1.165) is 12.5 Å². The molecule has 0 amide bonds. The number of nitrogens with zero attached hydrogens (tertiary/aromatic N) is 3. The van der Waals surface area contributed by atoms with Crippen LogP contribution >= 0.6 is 0 Å². The predicted octanol–water partition coefficient (Wildman–Crippen LogP) is 3.94. The van der Waals surface area contributed by atoms with Crippen LogP contribution in [0.15, 0.2) is 30.5 Å². The molecule has 9 heteroatoms. The minimum Gasteiger partial charge on any atom is -0.478 e. The van der Waals surface area contributed by atoms with Gasteiger partial charge in [-0.1, -0.05) is 0 Å². The van der Waals surface area contributed by atoms with E-state index >= 15 is 0 Å². The highest BCUT2D eigenvalue weighted by Gasteiger charge is 2.42. The molecular weight excluding hydrogens is 387 g/mol. The lowest BCUT2D eigenvalue weighted by Crippen LogP contribution is -2.48. The van der Waals surface area contributed by atoms with Gasteiger partial charge in [0.2, 0.25) is 0 Å². The van der Waals surface area contributed by atoms with Crippen molar-refractivity contribution in [2.45, 2.75) is 44.4 Å². The standard InChI is InChI=1S/C20H20F3N3O3/c1-20(6-8-26-17(10-20)14(11-24-26)18(27)28)25-7-2-3-16(25)13-9-12(29-19(22)23)4-5-15(13)21/h4-6,8-9,11,16,19H,2-3,7,10H2,1H3,(H,27,28)/t16-,20?/m1/s1. The van der Waals surface area contributed by atoms with Crippen molar-refractivity contribution in [1.29, 1.82) is 0 Å². The molecule has 0 bridgehead atoms. The highest BCUT2D eigenvalue weighted by Crippen LogP contribution is 2.42. The number of ether oxygens (including phenoxy) is 1. The van der Waals surface area contributed by atoms with Crippen LogP contribution in [0.25, 0.3) is 6.20 Å². The summed E-state index contributed by atoms with van der Waals surface area (Å²) in [6.07, 6.45) is 6.81. The van der Waals surface area contributed by atoms with E-state index in [0.29, 0.717) is 30.6 Å². The van der Waals surface area contributed by atoms with Gasteiger partial charge in [0, 0.05) is 29.8 Å². The normalized spacial score (nSPS) is 24.1. The average Bonchev–Trinajstić information content (AvgIpc) is 3.29. The Hall–Kier alpha value is -2.81. The maximum atomic E-state index is 14.6. The zero-order valence-electron chi connectivity index (χ0n) is 15.7. The van der Waals surface area contributed by atoms with Crippen LogP contribution in [-0.2, 0) is 6.42 Å². The van der Waals surface area contributed by atoms with Crippen LogP contribution in [0.4, 0.5) is 13.2 Å². The Bertz CT molecular complexity index is 975. The smallest absolute Gasteiger partial charge is 0.387 e. The summed E-state index contributed by atoms with van der Waals surface area (Å²) in [6, 6.07) is 3.31. The molecule has 4 rings (SSSR count). The molecule has 0 aliphatic carbocycles. The molecule has 1 N–H and O–H groups in total. The maximum Gasteiger partial charge on any atom is 0.387 e. The summed E-state index contributed by atoms with van der Waals surface area (Å²) in [7, 11) is 0. The zero-order chi connectivity index (χ0) is 20.8. The van der Waals surface area contributed by atoms with Gasteiger partial charge in [0.15, 0.2) is 0 Å². The lowest BCUT2D eigenvalue weighted by molar-refractivity contribution is -0.0500. The van der Waals surface area contributed by atoms with Crippen molar-refractivity contribution in [1.82, 2.24) is 14.7 Å². The first-order valence-corrected chi connectivity index (χ1v) is 9.28. The molecule has 2 aliphatic rings. The Morgan fingerprint density at radius 2 is 2.21 bits per heavy atom. The SMILES string of the molecule is CC1(N2CCC[C@@H]2c2cc(OC(F)F)ccc2F)C=Cn2ncc(C(=O)O)c2C1. The van der Waals surface area contributed by atoms with E-state index in [1.807, 2.05) is 13.0 Å². The maximum absolute atomic E-state index is 14.6. The van der Waals surface area contributed by atoms with Gasteiger partial charge in [-0.15, -0.1) is 0 Å². The number of rotatable bonds is 5.